The Morgan fingerprint density at radius 1 is 0.971 bits per heavy atom. The fourth-order valence-corrected chi connectivity index (χ4v) is 5.60. The highest BCUT2D eigenvalue weighted by Crippen LogP contribution is 2.25. The van der Waals surface area contributed by atoms with Crippen molar-refractivity contribution in [2.24, 2.45) is 0 Å². The molecule has 5 nitrogen and oxygen atoms in total. The van der Waals surface area contributed by atoms with E-state index in [0.29, 0.717) is 32.9 Å². The largest absolute Gasteiger partial charge is 0.351 e. The van der Waals surface area contributed by atoms with Crippen molar-refractivity contribution in [3.8, 4) is 0 Å². The minimum Gasteiger partial charge on any atom is -0.351 e. The van der Waals surface area contributed by atoms with Gasteiger partial charge in [-0.25, -0.2) is 8.42 Å². The van der Waals surface area contributed by atoms with Crippen LogP contribution in [-0.4, -0.2) is 32.9 Å². The Kier molecular flexibility index (Phi) is 9.56. The molecule has 180 valence electrons. The average molecular weight is 558 g/mol. The molecule has 0 saturated carbocycles. The smallest absolute Gasteiger partial charge is 0.251 e. The first-order chi connectivity index (χ1) is 16.1. The Labute approximate surface area is 219 Å². The highest BCUT2D eigenvalue weighted by atomic mass is 35.5. The number of carbonyl (C=O) groups excluding carboxylic acids is 1. The van der Waals surface area contributed by atoms with Gasteiger partial charge in [0.15, 0.2) is 0 Å². The van der Waals surface area contributed by atoms with Crippen molar-refractivity contribution in [1.29, 1.82) is 0 Å². The number of hydrogen-bond acceptors (Lipinski definition) is 4. The summed E-state index contributed by atoms with van der Waals surface area (Å²) in [6, 6.07) is 19.0. The normalized spacial score (nSPS) is 11.3. The molecule has 0 bridgehead atoms. The van der Waals surface area contributed by atoms with E-state index in [1.165, 1.54) is 4.31 Å². The minimum atomic E-state index is -3.52. The predicted octanol–water partition coefficient (Wildman–Crippen LogP) is 6.28. The Morgan fingerprint density at radius 3 is 2.32 bits per heavy atom. The SMILES string of the molecule is CS(=O)(=O)N(Cc1ccc(C(=O)NCCSCc2ccc(Cl)cc2Cl)cc1)c1cccc(Cl)c1. The summed E-state index contributed by atoms with van der Waals surface area (Å²) in [4.78, 5) is 12.4. The fraction of sp³-hybridized carbons (Fsp3) is 0.208. The van der Waals surface area contributed by atoms with Crippen LogP contribution >= 0.6 is 46.6 Å². The summed E-state index contributed by atoms with van der Waals surface area (Å²) in [6.45, 7) is 0.637. The molecule has 0 heterocycles. The summed E-state index contributed by atoms with van der Waals surface area (Å²) < 4.78 is 25.9. The van der Waals surface area contributed by atoms with Crippen LogP contribution in [0.25, 0.3) is 0 Å². The molecule has 3 aromatic carbocycles. The number of anilines is 1. The second kappa shape index (κ2) is 12.2. The van der Waals surface area contributed by atoms with Gasteiger partial charge in [0.1, 0.15) is 0 Å². The monoisotopic (exact) mass is 556 g/mol. The number of rotatable bonds is 10. The molecule has 0 radical (unpaired) electrons. The van der Waals surface area contributed by atoms with E-state index in [4.69, 9.17) is 34.8 Å². The third-order valence-corrected chi connectivity index (χ3v) is 7.81. The van der Waals surface area contributed by atoms with Gasteiger partial charge in [-0.3, -0.25) is 9.10 Å². The van der Waals surface area contributed by atoms with Crippen molar-refractivity contribution >= 4 is 68.2 Å². The van der Waals surface area contributed by atoms with E-state index >= 15 is 0 Å². The summed E-state index contributed by atoms with van der Waals surface area (Å²) >= 11 is 19.8. The molecule has 0 fully saturated rings. The van der Waals surface area contributed by atoms with Crippen molar-refractivity contribution in [1.82, 2.24) is 5.32 Å². The first kappa shape index (κ1) is 26.7. The first-order valence-corrected chi connectivity index (χ1v) is 14.4. The predicted molar refractivity (Wildman–Crippen MR) is 144 cm³/mol. The van der Waals surface area contributed by atoms with E-state index in [-0.39, 0.29) is 12.5 Å². The van der Waals surface area contributed by atoms with Gasteiger partial charge in [0.25, 0.3) is 5.91 Å². The third-order valence-electron chi connectivity index (χ3n) is 4.84. The van der Waals surface area contributed by atoms with Crippen LogP contribution in [0.2, 0.25) is 15.1 Å². The van der Waals surface area contributed by atoms with Gasteiger partial charge in [-0.2, -0.15) is 11.8 Å². The summed E-state index contributed by atoms with van der Waals surface area (Å²) in [5, 5.41) is 4.58. The lowest BCUT2D eigenvalue weighted by Crippen LogP contribution is -2.29. The number of thioether (sulfide) groups is 1. The molecule has 0 aliphatic carbocycles. The molecule has 1 N–H and O–H groups in total. The summed E-state index contributed by atoms with van der Waals surface area (Å²) in [5.41, 5.74) is 2.73. The summed E-state index contributed by atoms with van der Waals surface area (Å²) in [5.74, 6) is 1.27. The Morgan fingerprint density at radius 2 is 1.68 bits per heavy atom. The van der Waals surface area contributed by atoms with E-state index in [0.717, 1.165) is 28.9 Å². The van der Waals surface area contributed by atoms with Crippen LogP contribution in [0.4, 0.5) is 5.69 Å². The Hall–Kier alpha value is -1.90. The van der Waals surface area contributed by atoms with Crippen LogP contribution in [0.15, 0.2) is 66.7 Å². The Balaban J connectivity index is 1.52. The second-order valence-corrected chi connectivity index (χ2v) is 11.8. The molecule has 0 unspecified atom stereocenters. The van der Waals surface area contributed by atoms with Crippen LogP contribution in [0.5, 0.6) is 0 Å². The van der Waals surface area contributed by atoms with Crippen LogP contribution in [0.3, 0.4) is 0 Å². The standard InChI is InChI=1S/C24H23Cl3N2O3S2/c1-34(31,32)29(22-4-2-3-20(25)13-22)15-17-5-7-18(8-6-17)24(30)28-11-12-33-16-19-9-10-21(26)14-23(19)27/h2-10,13-14H,11-12,15-16H2,1H3,(H,28,30). The molecule has 3 rings (SSSR count). The molecule has 0 aliphatic rings. The Bertz CT molecular complexity index is 1250. The van der Waals surface area contributed by atoms with Crippen LogP contribution < -0.4 is 9.62 Å². The quantitative estimate of drug-likeness (QED) is 0.298. The lowest BCUT2D eigenvalue weighted by Gasteiger charge is -2.22. The van der Waals surface area contributed by atoms with Crippen molar-refractivity contribution in [3.05, 3.63) is 98.5 Å². The van der Waals surface area contributed by atoms with Crippen LogP contribution in [-0.2, 0) is 22.3 Å². The fourth-order valence-electron chi connectivity index (χ4n) is 3.12. The molecule has 1 amide bonds. The van der Waals surface area contributed by atoms with Gasteiger partial charge in [0.05, 0.1) is 18.5 Å². The van der Waals surface area contributed by atoms with Gasteiger partial charge in [-0.15, -0.1) is 0 Å². The van der Waals surface area contributed by atoms with Gasteiger partial charge in [0.2, 0.25) is 10.0 Å². The van der Waals surface area contributed by atoms with Crippen molar-refractivity contribution in [3.63, 3.8) is 0 Å². The molecular formula is C24H23Cl3N2O3S2. The van der Waals surface area contributed by atoms with E-state index in [1.54, 1.807) is 72.4 Å². The van der Waals surface area contributed by atoms with Crippen LogP contribution in [0.1, 0.15) is 21.5 Å². The van der Waals surface area contributed by atoms with Crippen molar-refractivity contribution < 1.29 is 13.2 Å². The number of amides is 1. The van der Waals surface area contributed by atoms with E-state index < -0.39 is 10.0 Å². The van der Waals surface area contributed by atoms with Gasteiger partial charge in [-0.1, -0.05) is 59.1 Å². The molecule has 0 spiro atoms. The third kappa shape index (κ3) is 7.82. The van der Waals surface area contributed by atoms with E-state index in [2.05, 4.69) is 5.32 Å². The zero-order valence-electron chi connectivity index (χ0n) is 18.3. The number of halogens is 3. The molecule has 0 aliphatic heterocycles. The summed E-state index contributed by atoms with van der Waals surface area (Å²) in [7, 11) is -3.52. The number of hydrogen-bond donors (Lipinski definition) is 1. The second-order valence-electron chi connectivity index (χ2n) is 7.49. The molecule has 0 saturated heterocycles. The maximum absolute atomic E-state index is 12.4. The number of benzene rings is 3. The zero-order valence-corrected chi connectivity index (χ0v) is 22.2. The highest BCUT2D eigenvalue weighted by Gasteiger charge is 2.18. The highest BCUT2D eigenvalue weighted by molar-refractivity contribution is 7.98. The number of nitrogens with zero attached hydrogens (tertiary/aromatic N) is 1. The lowest BCUT2D eigenvalue weighted by atomic mass is 10.1. The zero-order chi connectivity index (χ0) is 24.7. The first-order valence-electron chi connectivity index (χ1n) is 10.3. The van der Waals surface area contributed by atoms with Crippen molar-refractivity contribution in [2.45, 2.75) is 12.3 Å². The maximum atomic E-state index is 12.4. The summed E-state index contributed by atoms with van der Waals surface area (Å²) in [6.07, 6.45) is 1.15. The van der Waals surface area contributed by atoms with Gasteiger partial charge in [-0.05, 0) is 53.6 Å². The molecule has 3 aromatic rings. The van der Waals surface area contributed by atoms with Gasteiger partial charge in [0, 0.05) is 38.7 Å². The number of nitrogens with one attached hydrogen (secondary N) is 1. The molecule has 10 heteroatoms. The average Bonchev–Trinajstić information content (AvgIpc) is 2.78. The number of carbonyl (C=O) groups is 1. The topological polar surface area (TPSA) is 66.5 Å². The minimum absolute atomic E-state index is 0.130. The molecule has 0 atom stereocenters. The van der Waals surface area contributed by atoms with E-state index in [9.17, 15) is 13.2 Å². The maximum Gasteiger partial charge on any atom is 0.251 e. The number of sulfonamides is 1. The molecule has 0 aromatic heterocycles. The lowest BCUT2D eigenvalue weighted by molar-refractivity contribution is 0.0956. The van der Waals surface area contributed by atoms with E-state index in [1.807, 2.05) is 6.07 Å². The van der Waals surface area contributed by atoms with Gasteiger partial charge >= 0.3 is 0 Å². The molecule has 34 heavy (non-hydrogen) atoms. The van der Waals surface area contributed by atoms with Crippen molar-refractivity contribution in [2.75, 3.05) is 22.9 Å². The molecular weight excluding hydrogens is 535 g/mol. The van der Waals surface area contributed by atoms with Crippen LogP contribution in [0, 0.1) is 0 Å². The van der Waals surface area contributed by atoms with Gasteiger partial charge < -0.3 is 5.32 Å².